The van der Waals surface area contributed by atoms with Crippen LogP contribution in [0.5, 0.6) is 0 Å². The predicted octanol–water partition coefficient (Wildman–Crippen LogP) is 0.999. The van der Waals surface area contributed by atoms with Gasteiger partial charge in [0.2, 0.25) is 5.91 Å². The molecule has 5 nitrogen and oxygen atoms in total. The molecule has 0 bridgehead atoms. The molecule has 1 fully saturated rings. The van der Waals surface area contributed by atoms with Crippen molar-refractivity contribution < 1.29 is 4.79 Å². The lowest BCUT2D eigenvalue weighted by Crippen LogP contribution is -2.46. The molecule has 2 N–H and O–H groups in total. The van der Waals surface area contributed by atoms with Gasteiger partial charge < -0.3 is 10.6 Å². The number of carbonyl (C=O) groups excluding carboxylic acids is 1. The molecule has 1 aliphatic rings. The highest BCUT2D eigenvalue weighted by Crippen LogP contribution is 2.17. The lowest BCUT2D eigenvalue weighted by Gasteiger charge is -2.17. The SMILES string of the molecule is CC(NCCc1ccn(C)n1)C(=O)NC1CCCC1. The first-order chi connectivity index (χ1) is 9.15. The van der Waals surface area contributed by atoms with Gasteiger partial charge in [0.05, 0.1) is 11.7 Å². The third kappa shape index (κ3) is 4.35. The van der Waals surface area contributed by atoms with E-state index in [4.69, 9.17) is 0 Å². The minimum atomic E-state index is -0.135. The van der Waals surface area contributed by atoms with Gasteiger partial charge in [-0.2, -0.15) is 5.10 Å². The van der Waals surface area contributed by atoms with E-state index in [9.17, 15) is 4.79 Å². The second-order valence-corrected chi connectivity index (χ2v) is 5.40. The van der Waals surface area contributed by atoms with Crippen LogP contribution in [0.3, 0.4) is 0 Å². The van der Waals surface area contributed by atoms with Crippen molar-refractivity contribution in [2.24, 2.45) is 7.05 Å². The van der Waals surface area contributed by atoms with Crippen LogP contribution in [0.2, 0.25) is 0 Å². The summed E-state index contributed by atoms with van der Waals surface area (Å²) in [6, 6.07) is 2.27. The monoisotopic (exact) mass is 264 g/mol. The van der Waals surface area contributed by atoms with Crippen molar-refractivity contribution in [3.8, 4) is 0 Å². The number of rotatable bonds is 6. The van der Waals surface area contributed by atoms with Crippen LogP contribution < -0.4 is 10.6 Å². The Labute approximate surface area is 114 Å². The zero-order valence-electron chi connectivity index (χ0n) is 11.9. The largest absolute Gasteiger partial charge is 0.352 e. The van der Waals surface area contributed by atoms with E-state index >= 15 is 0 Å². The summed E-state index contributed by atoms with van der Waals surface area (Å²) < 4.78 is 1.80. The Hall–Kier alpha value is -1.36. The van der Waals surface area contributed by atoms with Gasteiger partial charge in [-0.25, -0.2) is 0 Å². The minimum Gasteiger partial charge on any atom is -0.352 e. The second kappa shape index (κ2) is 6.70. The normalized spacial score (nSPS) is 17.6. The van der Waals surface area contributed by atoms with Crippen molar-refractivity contribution in [2.75, 3.05) is 6.54 Å². The first kappa shape index (κ1) is 14.1. The third-order valence-corrected chi connectivity index (χ3v) is 3.70. The van der Waals surface area contributed by atoms with Gasteiger partial charge in [-0.1, -0.05) is 12.8 Å². The first-order valence-corrected chi connectivity index (χ1v) is 7.17. The number of aryl methyl sites for hydroxylation is 1. The fourth-order valence-electron chi connectivity index (χ4n) is 2.50. The molecule has 1 aliphatic carbocycles. The van der Waals surface area contributed by atoms with Crippen LogP contribution in [-0.4, -0.2) is 34.3 Å². The molecule has 0 aromatic carbocycles. The highest BCUT2D eigenvalue weighted by atomic mass is 16.2. The fraction of sp³-hybridized carbons (Fsp3) is 0.714. The van der Waals surface area contributed by atoms with Gasteiger partial charge in [-0.05, 0) is 25.8 Å². The van der Waals surface area contributed by atoms with Crippen LogP contribution in [0, 0.1) is 0 Å². The van der Waals surface area contributed by atoms with E-state index in [-0.39, 0.29) is 11.9 Å². The van der Waals surface area contributed by atoms with E-state index in [1.165, 1.54) is 12.8 Å². The molecule has 1 atom stereocenters. The summed E-state index contributed by atoms with van der Waals surface area (Å²) in [5.74, 6) is 0.118. The maximum atomic E-state index is 12.0. The molecule has 1 aromatic heterocycles. The van der Waals surface area contributed by atoms with Crippen LogP contribution in [0.1, 0.15) is 38.3 Å². The molecule has 1 amide bonds. The fourth-order valence-corrected chi connectivity index (χ4v) is 2.50. The minimum absolute atomic E-state index is 0.118. The Bertz CT molecular complexity index is 409. The highest BCUT2D eigenvalue weighted by Gasteiger charge is 2.20. The van der Waals surface area contributed by atoms with E-state index in [2.05, 4.69) is 15.7 Å². The first-order valence-electron chi connectivity index (χ1n) is 7.17. The lowest BCUT2D eigenvalue weighted by molar-refractivity contribution is -0.123. The van der Waals surface area contributed by atoms with Gasteiger partial charge >= 0.3 is 0 Å². The Morgan fingerprint density at radius 2 is 2.26 bits per heavy atom. The van der Waals surface area contributed by atoms with Crippen molar-refractivity contribution in [3.05, 3.63) is 18.0 Å². The Morgan fingerprint density at radius 3 is 2.89 bits per heavy atom. The molecule has 0 radical (unpaired) electrons. The van der Waals surface area contributed by atoms with Gasteiger partial charge in [0.25, 0.3) is 0 Å². The number of hydrogen-bond donors (Lipinski definition) is 2. The van der Waals surface area contributed by atoms with Crippen LogP contribution in [0.15, 0.2) is 12.3 Å². The quantitative estimate of drug-likeness (QED) is 0.806. The summed E-state index contributed by atoms with van der Waals surface area (Å²) in [6.07, 6.45) is 7.53. The van der Waals surface area contributed by atoms with Crippen molar-refractivity contribution in [1.29, 1.82) is 0 Å². The standard InChI is InChI=1S/C14H24N4O/c1-11(14(19)16-12-5-3-4-6-12)15-9-7-13-8-10-18(2)17-13/h8,10-12,15H,3-7,9H2,1-2H3,(H,16,19). The number of nitrogens with one attached hydrogen (secondary N) is 2. The summed E-state index contributed by atoms with van der Waals surface area (Å²) in [5, 5.41) is 10.7. The molecule has 0 spiro atoms. The summed E-state index contributed by atoms with van der Waals surface area (Å²) in [5.41, 5.74) is 1.05. The van der Waals surface area contributed by atoms with Crippen LogP contribution in [0.25, 0.3) is 0 Å². The van der Waals surface area contributed by atoms with Gasteiger partial charge in [-0.15, -0.1) is 0 Å². The maximum Gasteiger partial charge on any atom is 0.237 e. The topological polar surface area (TPSA) is 59.0 Å². The molecular formula is C14H24N4O. The average molecular weight is 264 g/mol. The van der Waals surface area contributed by atoms with Crippen molar-refractivity contribution in [1.82, 2.24) is 20.4 Å². The van der Waals surface area contributed by atoms with E-state index in [0.717, 1.165) is 31.5 Å². The number of nitrogens with zero attached hydrogens (tertiary/aromatic N) is 2. The van der Waals surface area contributed by atoms with E-state index in [1.807, 2.05) is 26.2 Å². The molecular weight excluding hydrogens is 240 g/mol. The number of aromatic nitrogens is 2. The van der Waals surface area contributed by atoms with E-state index in [1.54, 1.807) is 4.68 Å². The predicted molar refractivity (Wildman–Crippen MR) is 74.8 cm³/mol. The molecule has 1 saturated carbocycles. The summed E-state index contributed by atoms with van der Waals surface area (Å²) in [4.78, 5) is 12.0. The molecule has 0 aliphatic heterocycles. The van der Waals surface area contributed by atoms with Gasteiger partial charge in [0.15, 0.2) is 0 Å². The van der Waals surface area contributed by atoms with E-state index < -0.39 is 0 Å². The lowest BCUT2D eigenvalue weighted by atomic mass is 10.2. The van der Waals surface area contributed by atoms with Crippen molar-refractivity contribution >= 4 is 5.91 Å². The van der Waals surface area contributed by atoms with E-state index in [0.29, 0.717) is 6.04 Å². The molecule has 1 unspecified atom stereocenters. The third-order valence-electron chi connectivity index (χ3n) is 3.70. The molecule has 5 heteroatoms. The Kier molecular flexibility index (Phi) is 4.96. The Balaban J connectivity index is 1.65. The highest BCUT2D eigenvalue weighted by molar-refractivity contribution is 5.81. The summed E-state index contributed by atoms with van der Waals surface area (Å²) >= 11 is 0. The van der Waals surface area contributed by atoms with Crippen molar-refractivity contribution in [2.45, 2.75) is 51.1 Å². The van der Waals surface area contributed by atoms with Crippen LogP contribution >= 0.6 is 0 Å². The van der Waals surface area contributed by atoms with Gasteiger partial charge in [0, 0.05) is 32.3 Å². The zero-order valence-corrected chi connectivity index (χ0v) is 11.9. The molecule has 1 heterocycles. The van der Waals surface area contributed by atoms with Gasteiger partial charge in [-0.3, -0.25) is 9.48 Å². The molecule has 106 valence electrons. The van der Waals surface area contributed by atoms with Crippen molar-refractivity contribution in [3.63, 3.8) is 0 Å². The number of carbonyl (C=O) groups is 1. The van der Waals surface area contributed by atoms with Crippen LogP contribution in [0.4, 0.5) is 0 Å². The summed E-state index contributed by atoms with van der Waals surface area (Å²) in [7, 11) is 1.91. The van der Waals surface area contributed by atoms with Gasteiger partial charge in [0.1, 0.15) is 0 Å². The second-order valence-electron chi connectivity index (χ2n) is 5.40. The summed E-state index contributed by atoms with van der Waals surface area (Å²) in [6.45, 7) is 2.69. The smallest absolute Gasteiger partial charge is 0.237 e. The molecule has 1 aromatic rings. The van der Waals surface area contributed by atoms with Crippen LogP contribution in [-0.2, 0) is 18.3 Å². The maximum absolute atomic E-state index is 12.0. The zero-order chi connectivity index (χ0) is 13.7. The average Bonchev–Trinajstić information content (AvgIpc) is 3.01. The molecule has 19 heavy (non-hydrogen) atoms. The molecule has 0 saturated heterocycles. The Morgan fingerprint density at radius 1 is 1.53 bits per heavy atom. The number of hydrogen-bond acceptors (Lipinski definition) is 3. The number of amides is 1. The molecule has 2 rings (SSSR count).